The molecule has 0 aliphatic carbocycles. The summed E-state index contributed by atoms with van der Waals surface area (Å²) in [6.45, 7) is 1.91. The van der Waals surface area contributed by atoms with E-state index in [1.807, 2.05) is 35.3 Å². The van der Waals surface area contributed by atoms with E-state index in [4.69, 9.17) is 0 Å². The Kier molecular flexibility index (Phi) is 3.53. The number of hydrogen-bond donors (Lipinski definition) is 1. The van der Waals surface area contributed by atoms with Crippen LogP contribution in [0, 0.1) is 0 Å². The fourth-order valence-electron chi connectivity index (χ4n) is 1.46. The molecule has 2 heterocycles. The van der Waals surface area contributed by atoms with Crippen LogP contribution in [-0.2, 0) is 20.0 Å². The van der Waals surface area contributed by atoms with Gasteiger partial charge in [-0.2, -0.15) is 5.10 Å². The lowest BCUT2D eigenvalue weighted by Crippen LogP contribution is -2.18. The van der Waals surface area contributed by atoms with Gasteiger partial charge in [0.25, 0.3) is 0 Å². The molecule has 0 fully saturated rings. The van der Waals surface area contributed by atoms with Crippen LogP contribution in [0.3, 0.4) is 0 Å². The third-order valence-corrected chi connectivity index (χ3v) is 3.29. The quantitative estimate of drug-likeness (QED) is 0.780. The maximum absolute atomic E-state index is 4.12. The Hall–Kier alpha value is -1.13. The van der Waals surface area contributed by atoms with Gasteiger partial charge < -0.3 is 5.32 Å². The molecule has 0 spiro atoms. The van der Waals surface area contributed by atoms with Crippen molar-refractivity contribution in [1.29, 1.82) is 0 Å². The van der Waals surface area contributed by atoms with Crippen LogP contribution in [0.5, 0.6) is 0 Å². The fraction of sp³-hybridized carbons (Fsp3) is 0.364. The second-order valence-corrected chi connectivity index (χ2v) is 4.48. The van der Waals surface area contributed by atoms with Crippen LogP contribution in [0.15, 0.2) is 29.8 Å². The summed E-state index contributed by atoms with van der Waals surface area (Å²) in [6.07, 6.45) is 2.94. The number of thiophene rings is 1. The molecule has 0 aliphatic rings. The zero-order valence-electron chi connectivity index (χ0n) is 8.81. The van der Waals surface area contributed by atoms with Gasteiger partial charge in [0.2, 0.25) is 0 Å². The Morgan fingerprint density at radius 1 is 1.47 bits per heavy atom. The first-order valence-corrected chi connectivity index (χ1v) is 5.94. The molecule has 0 amide bonds. The molecular formula is C11H15N3S. The van der Waals surface area contributed by atoms with E-state index in [2.05, 4.69) is 27.9 Å². The minimum Gasteiger partial charge on any atom is -0.311 e. The van der Waals surface area contributed by atoms with E-state index in [9.17, 15) is 0 Å². The average Bonchev–Trinajstić information content (AvgIpc) is 2.85. The van der Waals surface area contributed by atoms with Gasteiger partial charge in [0.05, 0.1) is 5.69 Å². The van der Waals surface area contributed by atoms with Crippen molar-refractivity contribution in [2.24, 2.45) is 7.05 Å². The van der Waals surface area contributed by atoms with Gasteiger partial charge in [0.1, 0.15) is 0 Å². The molecule has 0 bridgehead atoms. The molecular weight excluding hydrogens is 206 g/mol. The van der Waals surface area contributed by atoms with Crippen LogP contribution >= 0.6 is 11.3 Å². The highest BCUT2D eigenvalue weighted by atomic mass is 32.1. The van der Waals surface area contributed by atoms with Crippen LogP contribution in [0.25, 0.3) is 0 Å². The van der Waals surface area contributed by atoms with Crippen LogP contribution in [0.1, 0.15) is 10.6 Å². The third kappa shape index (κ3) is 2.91. The Morgan fingerprint density at radius 2 is 2.40 bits per heavy atom. The second kappa shape index (κ2) is 5.09. The number of aryl methyl sites for hydroxylation is 1. The summed E-state index contributed by atoms with van der Waals surface area (Å²) in [5, 5.41) is 9.66. The zero-order valence-corrected chi connectivity index (χ0v) is 9.63. The van der Waals surface area contributed by atoms with Crippen LogP contribution < -0.4 is 5.32 Å². The molecule has 0 unspecified atom stereocenters. The molecule has 2 aromatic rings. The van der Waals surface area contributed by atoms with Gasteiger partial charge in [-0.1, -0.05) is 6.07 Å². The van der Waals surface area contributed by atoms with Gasteiger partial charge in [-0.3, -0.25) is 4.68 Å². The largest absolute Gasteiger partial charge is 0.311 e. The number of nitrogens with zero attached hydrogens (tertiary/aromatic N) is 2. The van der Waals surface area contributed by atoms with Gasteiger partial charge in [0, 0.05) is 31.2 Å². The Labute approximate surface area is 93.7 Å². The van der Waals surface area contributed by atoms with Crippen molar-refractivity contribution >= 4 is 11.3 Å². The van der Waals surface area contributed by atoms with E-state index in [0.29, 0.717) is 0 Å². The maximum Gasteiger partial charge on any atom is 0.0518 e. The lowest BCUT2D eigenvalue weighted by molar-refractivity contribution is 0.627. The Morgan fingerprint density at radius 3 is 3.07 bits per heavy atom. The molecule has 0 saturated carbocycles. The molecule has 4 heteroatoms. The van der Waals surface area contributed by atoms with Crippen molar-refractivity contribution in [3.05, 3.63) is 40.3 Å². The first-order valence-electron chi connectivity index (χ1n) is 5.06. The highest BCUT2D eigenvalue weighted by Gasteiger charge is 1.97. The minimum atomic E-state index is 0.891. The van der Waals surface area contributed by atoms with Gasteiger partial charge >= 0.3 is 0 Å². The van der Waals surface area contributed by atoms with E-state index in [0.717, 1.165) is 19.5 Å². The van der Waals surface area contributed by atoms with Crippen molar-refractivity contribution < 1.29 is 0 Å². The molecule has 3 nitrogen and oxygen atoms in total. The molecule has 0 radical (unpaired) electrons. The lowest BCUT2D eigenvalue weighted by atomic mass is 10.3. The van der Waals surface area contributed by atoms with E-state index in [1.165, 1.54) is 10.6 Å². The SMILES string of the molecule is Cn1nccc1CNCCc1cccs1. The number of aromatic nitrogens is 2. The van der Waals surface area contributed by atoms with Crippen molar-refractivity contribution in [2.45, 2.75) is 13.0 Å². The normalized spacial score (nSPS) is 10.7. The molecule has 2 rings (SSSR count). The average molecular weight is 221 g/mol. The lowest BCUT2D eigenvalue weighted by Gasteiger charge is -2.03. The fourth-order valence-corrected chi connectivity index (χ4v) is 2.17. The monoisotopic (exact) mass is 221 g/mol. The van der Waals surface area contributed by atoms with Crippen LogP contribution in [-0.4, -0.2) is 16.3 Å². The van der Waals surface area contributed by atoms with Gasteiger partial charge in [-0.15, -0.1) is 11.3 Å². The van der Waals surface area contributed by atoms with Crippen LogP contribution in [0.4, 0.5) is 0 Å². The Balaban J connectivity index is 1.70. The topological polar surface area (TPSA) is 29.9 Å². The number of hydrogen-bond acceptors (Lipinski definition) is 3. The van der Waals surface area contributed by atoms with E-state index >= 15 is 0 Å². The molecule has 0 atom stereocenters. The predicted molar refractivity (Wildman–Crippen MR) is 62.9 cm³/mol. The standard InChI is InChI=1S/C11H15N3S/c1-14-10(4-7-13-14)9-12-6-5-11-3-2-8-15-11/h2-4,7-8,12H,5-6,9H2,1H3. The smallest absolute Gasteiger partial charge is 0.0518 e. The van der Waals surface area contributed by atoms with E-state index in [1.54, 1.807) is 0 Å². The van der Waals surface area contributed by atoms with E-state index in [-0.39, 0.29) is 0 Å². The number of rotatable bonds is 5. The summed E-state index contributed by atoms with van der Waals surface area (Å²) >= 11 is 1.82. The van der Waals surface area contributed by atoms with Crippen LogP contribution in [0.2, 0.25) is 0 Å². The molecule has 80 valence electrons. The maximum atomic E-state index is 4.12. The van der Waals surface area contributed by atoms with Gasteiger partial charge in [-0.25, -0.2) is 0 Å². The van der Waals surface area contributed by atoms with Gasteiger partial charge in [0.15, 0.2) is 0 Å². The highest BCUT2D eigenvalue weighted by Crippen LogP contribution is 2.08. The summed E-state index contributed by atoms with van der Waals surface area (Å²) in [5.74, 6) is 0. The molecule has 1 N–H and O–H groups in total. The highest BCUT2D eigenvalue weighted by molar-refractivity contribution is 7.09. The van der Waals surface area contributed by atoms with Crippen molar-refractivity contribution in [1.82, 2.24) is 15.1 Å². The summed E-state index contributed by atoms with van der Waals surface area (Å²) in [6, 6.07) is 6.32. The summed E-state index contributed by atoms with van der Waals surface area (Å²) in [7, 11) is 1.97. The Bertz CT molecular complexity index is 392. The van der Waals surface area contributed by atoms with E-state index < -0.39 is 0 Å². The summed E-state index contributed by atoms with van der Waals surface area (Å²) in [4.78, 5) is 1.44. The first kappa shape index (κ1) is 10.4. The van der Waals surface area contributed by atoms with Crippen molar-refractivity contribution in [3.63, 3.8) is 0 Å². The summed E-state index contributed by atoms with van der Waals surface area (Å²) < 4.78 is 1.90. The summed E-state index contributed by atoms with van der Waals surface area (Å²) in [5.41, 5.74) is 1.22. The predicted octanol–water partition coefficient (Wildman–Crippen LogP) is 1.81. The molecule has 0 saturated heterocycles. The first-order chi connectivity index (χ1) is 7.36. The molecule has 2 aromatic heterocycles. The van der Waals surface area contributed by atoms with Crippen molar-refractivity contribution in [3.8, 4) is 0 Å². The minimum absolute atomic E-state index is 0.891. The van der Waals surface area contributed by atoms with Crippen molar-refractivity contribution in [2.75, 3.05) is 6.54 Å². The molecule has 0 aromatic carbocycles. The third-order valence-electron chi connectivity index (χ3n) is 2.36. The molecule has 15 heavy (non-hydrogen) atoms. The second-order valence-electron chi connectivity index (χ2n) is 3.45. The number of nitrogens with one attached hydrogen (secondary N) is 1. The molecule has 0 aliphatic heterocycles. The zero-order chi connectivity index (χ0) is 10.5. The van der Waals surface area contributed by atoms with Gasteiger partial charge in [-0.05, 0) is 23.9 Å².